The second-order valence-corrected chi connectivity index (χ2v) is 8.14. The molecule has 2 aromatic rings. The number of nitrogens with one attached hydrogen (secondary N) is 1. The number of carbonyl (C=O) groups excluding carboxylic acids is 1. The second kappa shape index (κ2) is 9.22. The first-order valence-corrected chi connectivity index (χ1v) is 11.1. The number of rotatable bonds is 4. The molecule has 168 valence electrons. The number of ether oxygens (including phenoxy) is 3. The average Bonchev–Trinajstić information content (AvgIpc) is 3.28. The summed E-state index contributed by atoms with van der Waals surface area (Å²) in [6, 6.07) is 7.62. The number of morpholine rings is 1. The van der Waals surface area contributed by atoms with Gasteiger partial charge in [-0.3, -0.25) is 4.79 Å². The molecule has 2 saturated heterocycles. The van der Waals surface area contributed by atoms with Gasteiger partial charge < -0.3 is 24.4 Å². The van der Waals surface area contributed by atoms with E-state index in [1.807, 2.05) is 12.1 Å². The smallest absolute Gasteiger partial charge is 0.277 e. The van der Waals surface area contributed by atoms with Crippen molar-refractivity contribution in [2.24, 2.45) is 4.99 Å². The first-order chi connectivity index (χ1) is 15.7. The molecule has 0 bridgehead atoms. The summed E-state index contributed by atoms with van der Waals surface area (Å²) in [6.45, 7) is 4.40. The van der Waals surface area contributed by atoms with Gasteiger partial charge in [0.2, 0.25) is 0 Å². The average molecular weight is 438 g/mol. The molecular weight excluding hydrogens is 410 g/mol. The molecular formula is C23H27N5O4. The molecule has 5 rings (SSSR count). The molecule has 9 heteroatoms. The molecule has 1 aromatic heterocycles. The van der Waals surface area contributed by atoms with Gasteiger partial charge in [0, 0.05) is 38.3 Å². The Morgan fingerprint density at radius 1 is 1.06 bits per heavy atom. The minimum absolute atomic E-state index is 0.261. The lowest BCUT2D eigenvalue weighted by Gasteiger charge is -2.27. The van der Waals surface area contributed by atoms with E-state index in [1.165, 1.54) is 5.56 Å². The standard InChI is InChI=1S/C23H27N5O4/c1-30-19-4-2-16(15-6-10-31-11-7-15)22-17(19)14-20(24-22)25-23(29)18-3-5-21(27-26-18)28-8-12-32-13-9-28/h2-5,15H,6-14H2,1H3,(H,24,25,29). The Hall–Kier alpha value is -3.04. The van der Waals surface area contributed by atoms with Crippen molar-refractivity contribution in [3.63, 3.8) is 0 Å². The van der Waals surface area contributed by atoms with E-state index in [9.17, 15) is 4.79 Å². The van der Waals surface area contributed by atoms with Crippen LogP contribution in [0.4, 0.5) is 11.5 Å². The Labute approximate surface area is 186 Å². The summed E-state index contributed by atoms with van der Waals surface area (Å²) in [4.78, 5) is 19.7. The molecule has 3 aliphatic heterocycles. The first kappa shape index (κ1) is 20.8. The zero-order valence-corrected chi connectivity index (χ0v) is 18.2. The minimum atomic E-state index is -0.316. The van der Waals surface area contributed by atoms with Gasteiger partial charge in [-0.1, -0.05) is 6.07 Å². The van der Waals surface area contributed by atoms with Crippen molar-refractivity contribution in [3.8, 4) is 5.75 Å². The summed E-state index contributed by atoms with van der Waals surface area (Å²) in [6.07, 6.45) is 2.46. The van der Waals surface area contributed by atoms with E-state index in [0.717, 1.165) is 62.0 Å². The number of amides is 1. The first-order valence-electron chi connectivity index (χ1n) is 11.1. The maximum Gasteiger partial charge on any atom is 0.277 e. The van der Waals surface area contributed by atoms with Gasteiger partial charge in [0.1, 0.15) is 11.6 Å². The Balaban J connectivity index is 1.32. The zero-order valence-electron chi connectivity index (χ0n) is 18.2. The van der Waals surface area contributed by atoms with Crippen molar-refractivity contribution in [2.45, 2.75) is 25.2 Å². The van der Waals surface area contributed by atoms with Crippen LogP contribution in [0.1, 0.15) is 40.4 Å². The van der Waals surface area contributed by atoms with Crippen LogP contribution in [0.2, 0.25) is 0 Å². The van der Waals surface area contributed by atoms with Gasteiger partial charge in [-0.2, -0.15) is 0 Å². The van der Waals surface area contributed by atoms with Crippen LogP contribution in [-0.4, -0.2) is 68.6 Å². The van der Waals surface area contributed by atoms with Gasteiger partial charge in [0.15, 0.2) is 11.5 Å². The zero-order chi connectivity index (χ0) is 21.9. The summed E-state index contributed by atoms with van der Waals surface area (Å²) in [5, 5.41) is 11.3. The molecule has 0 saturated carbocycles. The molecule has 1 amide bonds. The largest absolute Gasteiger partial charge is 0.496 e. The van der Waals surface area contributed by atoms with Crippen molar-refractivity contribution < 1.29 is 19.0 Å². The van der Waals surface area contributed by atoms with Crippen LogP contribution in [0.5, 0.6) is 5.75 Å². The SMILES string of the molecule is COc1ccc(C2CCOCC2)c2c1CC(NC(=O)c1ccc(N3CCOCC3)nn1)=N2. The van der Waals surface area contributed by atoms with E-state index >= 15 is 0 Å². The van der Waals surface area contributed by atoms with Crippen LogP contribution in [0.15, 0.2) is 29.3 Å². The van der Waals surface area contributed by atoms with Crippen LogP contribution in [0.25, 0.3) is 0 Å². The third kappa shape index (κ3) is 4.18. The molecule has 0 atom stereocenters. The molecule has 32 heavy (non-hydrogen) atoms. The van der Waals surface area contributed by atoms with Crippen LogP contribution in [0, 0.1) is 0 Å². The highest BCUT2D eigenvalue weighted by Gasteiger charge is 2.28. The maximum absolute atomic E-state index is 12.8. The van der Waals surface area contributed by atoms with Crippen molar-refractivity contribution in [1.82, 2.24) is 15.5 Å². The number of carbonyl (C=O) groups is 1. The predicted octanol–water partition coefficient (Wildman–Crippen LogP) is 2.23. The third-order valence-electron chi connectivity index (χ3n) is 6.22. The molecule has 1 N–H and O–H groups in total. The van der Waals surface area contributed by atoms with Crippen molar-refractivity contribution >= 4 is 23.2 Å². The molecule has 2 fully saturated rings. The normalized spacial score (nSPS) is 18.8. The Kier molecular flexibility index (Phi) is 6.00. The summed E-state index contributed by atoms with van der Waals surface area (Å²) < 4.78 is 16.4. The molecule has 9 nitrogen and oxygen atoms in total. The number of hydrogen-bond acceptors (Lipinski definition) is 8. The summed E-state index contributed by atoms with van der Waals surface area (Å²) in [5.41, 5.74) is 3.39. The fourth-order valence-corrected chi connectivity index (χ4v) is 4.48. The maximum atomic E-state index is 12.8. The Bertz CT molecular complexity index is 1010. The summed E-state index contributed by atoms with van der Waals surface area (Å²) in [5.74, 6) is 2.23. The molecule has 4 heterocycles. The minimum Gasteiger partial charge on any atom is -0.496 e. The molecule has 1 aromatic carbocycles. The van der Waals surface area contributed by atoms with Gasteiger partial charge >= 0.3 is 0 Å². The number of aromatic nitrogens is 2. The van der Waals surface area contributed by atoms with E-state index in [2.05, 4.69) is 26.5 Å². The number of methoxy groups -OCH3 is 1. The van der Waals surface area contributed by atoms with E-state index in [4.69, 9.17) is 19.2 Å². The number of aliphatic imine (C=N–C) groups is 1. The van der Waals surface area contributed by atoms with Crippen molar-refractivity contribution in [1.29, 1.82) is 0 Å². The molecule has 0 unspecified atom stereocenters. The number of amidine groups is 1. The monoisotopic (exact) mass is 437 g/mol. The summed E-state index contributed by atoms with van der Waals surface area (Å²) in [7, 11) is 1.66. The second-order valence-electron chi connectivity index (χ2n) is 8.14. The Morgan fingerprint density at radius 3 is 2.56 bits per heavy atom. The lowest BCUT2D eigenvalue weighted by Crippen LogP contribution is -2.37. The topological polar surface area (TPSA) is 98.2 Å². The molecule has 0 aliphatic carbocycles. The van der Waals surface area contributed by atoms with Crippen LogP contribution < -0.4 is 15.0 Å². The third-order valence-corrected chi connectivity index (χ3v) is 6.22. The molecule has 3 aliphatic rings. The van der Waals surface area contributed by atoms with E-state index in [1.54, 1.807) is 13.2 Å². The summed E-state index contributed by atoms with van der Waals surface area (Å²) >= 11 is 0. The van der Waals surface area contributed by atoms with Gasteiger partial charge in [0.25, 0.3) is 5.91 Å². The van der Waals surface area contributed by atoms with Crippen molar-refractivity contribution in [3.05, 3.63) is 41.1 Å². The lowest BCUT2D eigenvalue weighted by molar-refractivity contribution is 0.0854. The van der Waals surface area contributed by atoms with Gasteiger partial charge in [-0.15, -0.1) is 10.2 Å². The van der Waals surface area contributed by atoms with Gasteiger partial charge in [0.05, 0.1) is 26.0 Å². The number of hydrogen-bond donors (Lipinski definition) is 1. The van der Waals surface area contributed by atoms with Crippen LogP contribution in [0.3, 0.4) is 0 Å². The quantitative estimate of drug-likeness (QED) is 0.783. The van der Waals surface area contributed by atoms with Crippen LogP contribution in [-0.2, 0) is 15.9 Å². The molecule has 0 radical (unpaired) electrons. The number of nitrogens with zero attached hydrogens (tertiary/aromatic N) is 4. The molecule has 0 spiro atoms. The van der Waals surface area contributed by atoms with Gasteiger partial charge in [-0.25, -0.2) is 4.99 Å². The van der Waals surface area contributed by atoms with E-state index in [-0.39, 0.29) is 11.6 Å². The van der Waals surface area contributed by atoms with Crippen molar-refractivity contribution in [2.75, 3.05) is 51.5 Å². The number of benzene rings is 1. The fraction of sp³-hybridized carbons (Fsp3) is 0.478. The van der Waals surface area contributed by atoms with Gasteiger partial charge in [-0.05, 0) is 42.5 Å². The predicted molar refractivity (Wildman–Crippen MR) is 119 cm³/mol. The van der Waals surface area contributed by atoms with E-state index < -0.39 is 0 Å². The lowest BCUT2D eigenvalue weighted by atomic mass is 9.89. The highest BCUT2D eigenvalue weighted by Crippen LogP contribution is 2.42. The Morgan fingerprint density at radius 2 is 1.84 bits per heavy atom. The number of anilines is 1. The van der Waals surface area contributed by atoms with Crippen LogP contribution >= 0.6 is 0 Å². The fourth-order valence-electron chi connectivity index (χ4n) is 4.48. The van der Waals surface area contributed by atoms with E-state index in [0.29, 0.717) is 31.4 Å². The highest BCUT2D eigenvalue weighted by molar-refractivity contribution is 6.08. The number of fused-ring (bicyclic) bond motifs is 1. The highest BCUT2D eigenvalue weighted by atomic mass is 16.5.